The molecule has 0 saturated heterocycles. The molecule has 0 aliphatic rings. The highest BCUT2D eigenvalue weighted by molar-refractivity contribution is 5.50. The lowest BCUT2D eigenvalue weighted by Gasteiger charge is -2.07. The quantitative estimate of drug-likeness (QED) is 0.869. The van der Waals surface area contributed by atoms with Gasteiger partial charge in [0.05, 0.1) is 5.69 Å². The molecule has 0 bridgehead atoms. The Morgan fingerprint density at radius 2 is 1.94 bits per heavy atom. The summed E-state index contributed by atoms with van der Waals surface area (Å²) >= 11 is 0. The smallest absolute Gasteiger partial charge is 0.145 e. The molecule has 0 aliphatic heterocycles. The van der Waals surface area contributed by atoms with Crippen LogP contribution in [0.5, 0.6) is 0 Å². The van der Waals surface area contributed by atoms with E-state index in [0.29, 0.717) is 23.5 Å². The first-order valence-corrected chi connectivity index (χ1v) is 5.69. The van der Waals surface area contributed by atoms with E-state index < -0.39 is 0 Å². The molecule has 1 heterocycles. The van der Waals surface area contributed by atoms with Crippen LogP contribution in [0.3, 0.4) is 0 Å². The number of aryl methyl sites for hydroxylation is 2. The summed E-state index contributed by atoms with van der Waals surface area (Å²) in [5.41, 5.74) is 9.11. The predicted molar refractivity (Wildman–Crippen MR) is 69.9 cm³/mol. The van der Waals surface area contributed by atoms with E-state index in [0.717, 1.165) is 0 Å². The third-order valence-corrected chi connectivity index (χ3v) is 2.89. The fourth-order valence-corrected chi connectivity index (χ4v) is 1.85. The van der Waals surface area contributed by atoms with Gasteiger partial charge in [0.1, 0.15) is 23.3 Å². The van der Waals surface area contributed by atoms with Gasteiger partial charge in [0.15, 0.2) is 0 Å². The molecule has 0 aliphatic carbocycles. The van der Waals surface area contributed by atoms with Crippen molar-refractivity contribution in [2.45, 2.75) is 20.3 Å². The van der Waals surface area contributed by atoms with Crippen LogP contribution < -0.4 is 5.73 Å². The average Bonchev–Trinajstić information content (AvgIpc) is 2.32. The van der Waals surface area contributed by atoms with Gasteiger partial charge in [-0.3, -0.25) is 0 Å². The molecule has 0 unspecified atom stereocenters. The topological polar surface area (TPSA) is 75.6 Å². The van der Waals surface area contributed by atoms with Crippen LogP contribution in [0.25, 0.3) is 0 Å². The molecular formula is C14H14N4. The molecular weight excluding hydrogens is 224 g/mol. The van der Waals surface area contributed by atoms with Crippen molar-refractivity contribution < 1.29 is 0 Å². The second-order valence-electron chi connectivity index (χ2n) is 4.20. The highest BCUT2D eigenvalue weighted by Gasteiger charge is 2.09. The number of hydrogen-bond acceptors (Lipinski definition) is 4. The van der Waals surface area contributed by atoms with E-state index in [1.54, 1.807) is 6.92 Å². The first-order valence-electron chi connectivity index (χ1n) is 5.69. The van der Waals surface area contributed by atoms with E-state index in [4.69, 9.17) is 11.0 Å². The van der Waals surface area contributed by atoms with E-state index in [9.17, 15) is 0 Å². The van der Waals surface area contributed by atoms with Crippen LogP contribution in [0, 0.1) is 25.2 Å². The van der Waals surface area contributed by atoms with Gasteiger partial charge in [-0.1, -0.05) is 24.3 Å². The molecule has 1 aromatic carbocycles. The Balaban J connectivity index is 2.37. The molecule has 18 heavy (non-hydrogen) atoms. The second-order valence-corrected chi connectivity index (χ2v) is 4.20. The molecule has 2 rings (SSSR count). The average molecular weight is 238 g/mol. The minimum Gasteiger partial charge on any atom is -0.382 e. The third kappa shape index (κ3) is 2.30. The maximum Gasteiger partial charge on any atom is 0.145 e. The normalized spacial score (nSPS) is 10.1. The van der Waals surface area contributed by atoms with E-state index >= 15 is 0 Å². The highest BCUT2D eigenvalue weighted by atomic mass is 14.9. The van der Waals surface area contributed by atoms with Crippen molar-refractivity contribution in [1.82, 2.24) is 9.97 Å². The summed E-state index contributed by atoms with van der Waals surface area (Å²) in [4.78, 5) is 8.51. The Labute approximate surface area is 106 Å². The maximum atomic E-state index is 8.91. The molecule has 4 nitrogen and oxygen atoms in total. The van der Waals surface area contributed by atoms with Crippen molar-refractivity contribution in [2.24, 2.45) is 0 Å². The van der Waals surface area contributed by atoms with Gasteiger partial charge in [-0.05, 0) is 25.0 Å². The largest absolute Gasteiger partial charge is 0.382 e. The molecule has 4 heteroatoms. The lowest BCUT2D eigenvalue weighted by molar-refractivity contribution is 0.937. The first kappa shape index (κ1) is 12.1. The third-order valence-electron chi connectivity index (χ3n) is 2.89. The zero-order valence-electron chi connectivity index (χ0n) is 10.4. The molecule has 0 fully saturated rings. The van der Waals surface area contributed by atoms with Crippen LogP contribution in [0.15, 0.2) is 24.3 Å². The molecule has 2 N–H and O–H groups in total. The minimum absolute atomic E-state index is 0.258. The van der Waals surface area contributed by atoms with Crippen LogP contribution >= 0.6 is 0 Å². The van der Waals surface area contributed by atoms with Crippen molar-refractivity contribution in [3.63, 3.8) is 0 Å². The lowest BCUT2D eigenvalue weighted by Crippen LogP contribution is -2.06. The van der Waals surface area contributed by atoms with Crippen LogP contribution in [0.2, 0.25) is 0 Å². The number of nitrogen functional groups attached to an aromatic ring is 1. The molecule has 0 atom stereocenters. The number of hydrogen-bond donors (Lipinski definition) is 1. The second kappa shape index (κ2) is 4.84. The van der Waals surface area contributed by atoms with Crippen LogP contribution in [0.4, 0.5) is 5.82 Å². The summed E-state index contributed by atoms with van der Waals surface area (Å²) in [6, 6.07) is 10.1. The summed E-state index contributed by atoms with van der Waals surface area (Å²) in [7, 11) is 0. The van der Waals surface area contributed by atoms with Gasteiger partial charge in [-0.2, -0.15) is 5.26 Å². The zero-order valence-corrected chi connectivity index (χ0v) is 10.4. The molecule has 1 aromatic heterocycles. The minimum atomic E-state index is 0.258. The lowest BCUT2D eigenvalue weighted by atomic mass is 10.1. The summed E-state index contributed by atoms with van der Waals surface area (Å²) in [6.07, 6.45) is 0.628. The molecule has 0 saturated carbocycles. The molecule has 2 aromatic rings. The van der Waals surface area contributed by atoms with Gasteiger partial charge in [0.2, 0.25) is 0 Å². The van der Waals surface area contributed by atoms with Crippen LogP contribution in [-0.2, 0) is 6.42 Å². The van der Waals surface area contributed by atoms with Crippen molar-refractivity contribution in [3.8, 4) is 6.07 Å². The summed E-state index contributed by atoms with van der Waals surface area (Å²) < 4.78 is 0. The van der Waals surface area contributed by atoms with Crippen LogP contribution in [-0.4, -0.2) is 9.97 Å². The number of aromatic nitrogens is 2. The van der Waals surface area contributed by atoms with Crippen LogP contribution in [0.1, 0.15) is 28.2 Å². The van der Waals surface area contributed by atoms with Gasteiger partial charge in [0, 0.05) is 6.42 Å². The van der Waals surface area contributed by atoms with Gasteiger partial charge in [0.25, 0.3) is 0 Å². The Kier molecular flexibility index (Phi) is 3.24. The predicted octanol–water partition coefficient (Wildman–Crippen LogP) is 2.14. The van der Waals surface area contributed by atoms with Gasteiger partial charge in [-0.15, -0.1) is 0 Å². The SMILES string of the molecule is Cc1ccccc1Cc1nc(C)c(C#N)c(N)n1. The number of rotatable bonds is 2. The summed E-state index contributed by atoms with van der Waals surface area (Å²) in [5.74, 6) is 0.909. The Morgan fingerprint density at radius 3 is 2.56 bits per heavy atom. The number of benzene rings is 1. The standard InChI is InChI=1S/C14H14N4/c1-9-5-3-4-6-11(9)7-13-17-10(2)12(8-15)14(16)18-13/h3-6H,7H2,1-2H3,(H2,16,17,18). The monoisotopic (exact) mass is 238 g/mol. The summed E-state index contributed by atoms with van der Waals surface area (Å²) in [5, 5.41) is 8.91. The zero-order chi connectivity index (χ0) is 13.1. The van der Waals surface area contributed by atoms with Gasteiger partial charge in [-0.25, -0.2) is 9.97 Å². The first-order chi connectivity index (χ1) is 8.61. The molecule has 0 amide bonds. The Bertz CT molecular complexity index is 603. The van der Waals surface area contributed by atoms with Crippen molar-refractivity contribution in [3.05, 3.63) is 52.5 Å². The fraction of sp³-hybridized carbons (Fsp3) is 0.214. The Morgan fingerprint density at radius 1 is 1.22 bits per heavy atom. The fourth-order valence-electron chi connectivity index (χ4n) is 1.85. The van der Waals surface area contributed by atoms with Crippen molar-refractivity contribution in [1.29, 1.82) is 5.26 Å². The van der Waals surface area contributed by atoms with Crippen molar-refractivity contribution in [2.75, 3.05) is 5.73 Å². The number of anilines is 1. The molecule has 0 radical (unpaired) electrons. The van der Waals surface area contributed by atoms with E-state index in [2.05, 4.69) is 23.0 Å². The number of nitrogens with two attached hydrogens (primary N) is 1. The summed E-state index contributed by atoms with van der Waals surface area (Å²) in [6.45, 7) is 3.83. The maximum absolute atomic E-state index is 8.91. The van der Waals surface area contributed by atoms with Gasteiger partial charge >= 0.3 is 0 Å². The van der Waals surface area contributed by atoms with E-state index in [-0.39, 0.29) is 5.82 Å². The number of nitrogens with zero attached hydrogens (tertiary/aromatic N) is 3. The van der Waals surface area contributed by atoms with Gasteiger partial charge < -0.3 is 5.73 Å². The Hall–Kier alpha value is -2.41. The van der Waals surface area contributed by atoms with Crippen molar-refractivity contribution >= 4 is 5.82 Å². The van der Waals surface area contributed by atoms with E-state index in [1.807, 2.05) is 24.3 Å². The molecule has 90 valence electrons. The molecule has 0 spiro atoms. The van der Waals surface area contributed by atoms with E-state index in [1.165, 1.54) is 11.1 Å². The number of nitriles is 1. The highest BCUT2D eigenvalue weighted by Crippen LogP contribution is 2.15.